The van der Waals surface area contributed by atoms with Crippen molar-refractivity contribution in [2.45, 2.75) is 39.7 Å². The molecule has 2 rings (SSSR count). The fourth-order valence-electron chi connectivity index (χ4n) is 2.34. The fraction of sp³-hybridized carbons (Fsp3) is 0.600. The molecule has 0 radical (unpaired) electrons. The Bertz CT molecular complexity index is 385. The number of aliphatic hydroxyl groups is 1. The van der Waals surface area contributed by atoms with E-state index in [1.807, 2.05) is 0 Å². The SMILES string of the molecule is CC(C)(CO)CNCc1ccc2c(c1)CCC2. The van der Waals surface area contributed by atoms with E-state index in [1.165, 1.54) is 36.0 Å². The zero-order valence-corrected chi connectivity index (χ0v) is 10.9. The van der Waals surface area contributed by atoms with Crippen molar-refractivity contribution in [3.8, 4) is 0 Å². The van der Waals surface area contributed by atoms with Gasteiger partial charge in [-0.1, -0.05) is 32.0 Å². The van der Waals surface area contributed by atoms with Gasteiger partial charge in [0.25, 0.3) is 0 Å². The number of benzene rings is 1. The number of rotatable bonds is 5. The normalized spacial score (nSPS) is 15.0. The van der Waals surface area contributed by atoms with Crippen molar-refractivity contribution >= 4 is 0 Å². The van der Waals surface area contributed by atoms with Gasteiger partial charge in [-0.25, -0.2) is 0 Å². The molecule has 0 heterocycles. The monoisotopic (exact) mass is 233 g/mol. The summed E-state index contributed by atoms with van der Waals surface area (Å²) in [5.41, 5.74) is 4.39. The molecule has 2 nitrogen and oxygen atoms in total. The summed E-state index contributed by atoms with van der Waals surface area (Å²) in [4.78, 5) is 0. The molecule has 2 heteroatoms. The number of hydrogen-bond donors (Lipinski definition) is 2. The Balaban J connectivity index is 1.88. The first-order valence-electron chi connectivity index (χ1n) is 6.53. The lowest BCUT2D eigenvalue weighted by atomic mass is 9.95. The molecule has 0 saturated heterocycles. The van der Waals surface area contributed by atoms with Gasteiger partial charge >= 0.3 is 0 Å². The van der Waals surface area contributed by atoms with Crippen LogP contribution in [0.1, 0.15) is 37.0 Å². The molecule has 0 aromatic heterocycles. The van der Waals surface area contributed by atoms with E-state index in [1.54, 1.807) is 0 Å². The fourth-order valence-corrected chi connectivity index (χ4v) is 2.34. The maximum absolute atomic E-state index is 9.18. The van der Waals surface area contributed by atoms with Crippen LogP contribution in [0.2, 0.25) is 0 Å². The van der Waals surface area contributed by atoms with Gasteiger partial charge in [0, 0.05) is 25.1 Å². The van der Waals surface area contributed by atoms with Crippen LogP contribution < -0.4 is 5.32 Å². The highest BCUT2D eigenvalue weighted by atomic mass is 16.3. The zero-order valence-electron chi connectivity index (χ0n) is 10.9. The van der Waals surface area contributed by atoms with Gasteiger partial charge in [0.1, 0.15) is 0 Å². The number of fused-ring (bicyclic) bond motifs is 1. The second kappa shape index (κ2) is 5.19. The molecular weight excluding hydrogens is 210 g/mol. The number of aliphatic hydroxyl groups excluding tert-OH is 1. The number of nitrogens with one attached hydrogen (secondary N) is 1. The molecule has 17 heavy (non-hydrogen) atoms. The van der Waals surface area contributed by atoms with Crippen molar-refractivity contribution in [3.63, 3.8) is 0 Å². The largest absolute Gasteiger partial charge is 0.396 e. The molecule has 2 N–H and O–H groups in total. The van der Waals surface area contributed by atoms with E-state index in [2.05, 4.69) is 37.4 Å². The molecule has 0 unspecified atom stereocenters. The highest BCUT2D eigenvalue weighted by Crippen LogP contribution is 2.22. The van der Waals surface area contributed by atoms with E-state index in [4.69, 9.17) is 0 Å². The molecule has 0 fully saturated rings. The van der Waals surface area contributed by atoms with Crippen LogP contribution in [0.3, 0.4) is 0 Å². The van der Waals surface area contributed by atoms with Crippen LogP contribution in [0.5, 0.6) is 0 Å². The Morgan fingerprint density at radius 2 is 2.00 bits per heavy atom. The lowest BCUT2D eigenvalue weighted by Gasteiger charge is -2.22. The molecule has 94 valence electrons. The summed E-state index contributed by atoms with van der Waals surface area (Å²) in [5, 5.41) is 12.6. The van der Waals surface area contributed by atoms with Gasteiger partial charge < -0.3 is 10.4 Å². The molecule has 0 atom stereocenters. The van der Waals surface area contributed by atoms with E-state index in [-0.39, 0.29) is 12.0 Å². The molecule has 0 aliphatic heterocycles. The van der Waals surface area contributed by atoms with Crippen LogP contribution in [-0.4, -0.2) is 18.3 Å². The van der Waals surface area contributed by atoms with Crippen LogP contribution in [-0.2, 0) is 19.4 Å². The van der Waals surface area contributed by atoms with Gasteiger partial charge in [-0.05, 0) is 36.0 Å². The third kappa shape index (κ3) is 3.30. The van der Waals surface area contributed by atoms with Gasteiger partial charge in [0.15, 0.2) is 0 Å². The van der Waals surface area contributed by atoms with Crippen molar-refractivity contribution < 1.29 is 5.11 Å². The van der Waals surface area contributed by atoms with Crippen LogP contribution in [0.25, 0.3) is 0 Å². The van der Waals surface area contributed by atoms with Gasteiger partial charge in [0.2, 0.25) is 0 Å². The smallest absolute Gasteiger partial charge is 0.0494 e. The summed E-state index contributed by atoms with van der Waals surface area (Å²) in [7, 11) is 0. The van der Waals surface area contributed by atoms with Crippen molar-refractivity contribution in [1.82, 2.24) is 5.32 Å². The van der Waals surface area contributed by atoms with Crippen molar-refractivity contribution in [3.05, 3.63) is 34.9 Å². The Labute approximate surface area is 104 Å². The zero-order chi connectivity index (χ0) is 12.3. The Morgan fingerprint density at radius 3 is 2.76 bits per heavy atom. The summed E-state index contributed by atoms with van der Waals surface area (Å²) in [6, 6.07) is 6.83. The lowest BCUT2D eigenvalue weighted by Crippen LogP contribution is -2.31. The number of aryl methyl sites for hydroxylation is 2. The van der Waals surface area contributed by atoms with Gasteiger partial charge in [-0.15, -0.1) is 0 Å². The second-order valence-electron chi connectivity index (χ2n) is 5.88. The third-order valence-electron chi connectivity index (χ3n) is 3.52. The van der Waals surface area contributed by atoms with E-state index in [0.717, 1.165) is 13.1 Å². The summed E-state index contributed by atoms with van der Waals surface area (Å²) >= 11 is 0. The summed E-state index contributed by atoms with van der Waals surface area (Å²) in [6.45, 7) is 6.12. The molecule has 0 amide bonds. The molecule has 1 aliphatic carbocycles. The Morgan fingerprint density at radius 1 is 1.24 bits per heavy atom. The maximum Gasteiger partial charge on any atom is 0.0494 e. The molecule has 0 spiro atoms. The first-order chi connectivity index (χ1) is 8.11. The Hall–Kier alpha value is -0.860. The van der Waals surface area contributed by atoms with Crippen LogP contribution in [0, 0.1) is 5.41 Å². The first kappa shape index (κ1) is 12.6. The average molecular weight is 233 g/mol. The standard InChI is InChI=1S/C15H23NO/c1-15(2,11-17)10-16-9-12-6-7-13-4-3-5-14(13)8-12/h6-8,16-17H,3-5,9-11H2,1-2H3. The van der Waals surface area contributed by atoms with E-state index >= 15 is 0 Å². The Kier molecular flexibility index (Phi) is 3.85. The highest BCUT2D eigenvalue weighted by Gasteiger charge is 2.15. The van der Waals surface area contributed by atoms with Crippen molar-refractivity contribution in [2.24, 2.45) is 5.41 Å². The second-order valence-corrected chi connectivity index (χ2v) is 5.88. The molecular formula is C15H23NO. The van der Waals surface area contributed by atoms with E-state index in [9.17, 15) is 5.11 Å². The predicted molar refractivity (Wildman–Crippen MR) is 71.0 cm³/mol. The van der Waals surface area contributed by atoms with Crippen LogP contribution >= 0.6 is 0 Å². The molecule has 1 aromatic carbocycles. The molecule has 1 aromatic rings. The van der Waals surface area contributed by atoms with Crippen molar-refractivity contribution in [1.29, 1.82) is 0 Å². The van der Waals surface area contributed by atoms with E-state index < -0.39 is 0 Å². The van der Waals surface area contributed by atoms with Gasteiger partial charge in [-0.2, -0.15) is 0 Å². The minimum atomic E-state index is -0.0310. The average Bonchev–Trinajstić information content (AvgIpc) is 2.76. The van der Waals surface area contributed by atoms with Crippen LogP contribution in [0.15, 0.2) is 18.2 Å². The molecule has 1 aliphatic rings. The summed E-state index contributed by atoms with van der Waals surface area (Å²) in [6.07, 6.45) is 3.80. The van der Waals surface area contributed by atoms with Gasteiger partial charge in [0.05, 0.1) is 0 Å². The summed E-state index contributed by atoms with van der Waals surface area (Å²) in [5.74, 6) is 0. The summed E-state index contributed by atoms with van der Waals surface area (Å²) < 4.78 is 0. The first-order valence-corrected chi connectivity index (χ1v) is 6.53. The highest BCUT2D eigenvalue weighted by molar-refractivity contribution is 5.35. The molecule has 0 saturated carbocycles. The third-order valence-corrected chi connectivity index (χ3v) is 3.52. The predicted octanol–water partition coefficient (Wildman–Crippen LogP) is 2.28. The van der Waals surface area contributed by atoms with Crippen molar-refractivity contribution in [2.75, 3.05) is 13.2 Å². The number of hydrogen-bond acceptors (Lipinski definition) is 2. The maximum atomic E-state index is 9.18. The van der Waals surface area contributed by atoms with Gasteiger partial charge in [-0.3, -0.25) is 0 Å². The quantitative estimate of drug-likeness (QED) is 0.818. The van der Waals surface area contributed by atoms with Crippen LogP contribution in [0.4, 0.5) is 0 Å². The molecule has 0 bridgehead atoms. The minimum Gasteiger partial charge on any atom is -0.396 e. The topological polar surface area (TPSA) is 32.3 Å². The van der Waals surface area contributed by atoms with E-state index in [0.29, 0.717) is 0 Å². The minimum absolute atomic E-state index is 0.0310. The lowest BCUT2D eigenvalue weighted by molar-refractivity contribution is 0.156.